The van der Waals surface area contributed by atoms with Crippen molar-refractivity contribution < 1.29 is 9.53 Å². The van der Waals surface area contributed by atoms with Crippen LogP contribution in [0.15, 0.2) is 0 Å². The highest BCUT2D eigenvalue weighted by Gasteiger charge is 2.16. The fourth-order valence-corrected chi connectivity index (χ4v) is 1.25. The lowest BCUT2D eigenvalue weighted by Gasteiger charge is -2.26. The number of hydrogen-bond donors (Lipinski definition) is 1. The van der Waals surface area contributed by atoms with Gasteiger partial charge in [-0.1, -0.05) is 0 Å². The number of nitrogens with zero attached hydrogens (tertiary/aromatic N) is 2. The van der Waals surface area contributed by atoms with Gasteiger partial charge in [-0.05, 0) is 14.1 Å². The Morgan fingerprint density at radius 1 is 1.43 bits per heavy atom. The highest BCUT2D eigenvalue weighted by atomic mass is 16.6. The minimum atomic E-state index is -0.187. The fourth-order valence-electron chi connectivity index (χ4n) is 1.25. The van der Waals surface area contributed by atoms with Crippen molar-refractivity contribution in [3.63, 3.8) is 0 Å². The summed E-state index contributed by atoms with van der Waals surface area (Å²) < 4.78 is 5.11. The van der Waals surface area contributed by atoms with E-state index in [0.29, 0.717) is 6.61 Å². The summed E-state index contributed by atoms with van der Waals surface area (Å²) in [5.74, 6) is 0. The van der Waals surface area contributed by atoms with Crippen LogP contribution in [-0.4, -0.2) is 69.3 Å². The fraction of sp³-hybridized carbons (Fsp3) is 0.889. The number of rotatable bonds is 3. The second kappa shape index (κ2) is 5.82. The highest BCUT2D eigenvalue weighted by Crippen LogP contribution is 1.96. The first-order valence-corrected chi connectivity index (χ1v) is 4.97. The minimum absolute atomic E-state index is 0.187. The molecule has 1 amide bonds. The van der Waals surface area contributed by atoms with Gasteiger partial charge in [-0.15, -0.1) is 0 Å². The van der Waals surface area contributed by atoms with E-state index >= 15 is 0 Å². The molecule has 0 aromatic carbocycles. The molecule has 82 valence electrons. The average molecular weight is 201 g/mol. The molecule has 1 rings (SSSR count). The van der Waals surface area contributed by atoms with E-state index in [0.717, 1.165) is 32.7 Å². The number of nitrogens with one attached hydrogen (secondary N) is 1. The van der Waals surface area contributed by atoms with Gasteiger partial charge < -0.3 is 19.9 Å². The van der Waals surface area contributed by atoms with Crippen molar-refractivity contribution in [3.8, 4) is 0 Å². The van der Waals surface area contributed by atoms with Gasteiger partial charge in [0.05, 0.1) is 0 Å². The highest BCUT2D eigenvalue weighted by molar-refractivity contribution is 5.67. The number of carbonyl (C=O) groups is 1. The van der Waals surface area contributed by atoms with Gasteiger partial charge in [0.2, 0.25) is 0 Å². The standard InChI is InChI=1S/C9H19N3O2/c1-11(2)7-8-14-9(13)12-5-3-10-4-6-12/h10H,3-8H2,1-2H3. The van der Waals surface area contributed by atoms with Crippen molar-refractivity contribution in [1.29, 1.82) is 0 Å². The van der Waals surface area contributed by atoms with E-state index in [4.69, 9.17) is 4.74 Å². The summed E-state index contributed by atoms with van der Waals surface area (Å²) in [7, 11) is 3.91. The second-order valence-corrected chi connectivity index (χ2v) is 3.65. The van der Waals surface area contributed by atoms with Gasteiger partial charge in [-0.2, -0.15) is 0 Å². The van der Waals surface area contributed by atoms with Gasteiger partial charge in [-0.3, -0.25) is 0 Å². The summed E-state index contributed by atoms with van der Waals surface area (Å²) >= 11 is 0. The van der Waals surface area contributed by atoms with Gasteiger partial charge in [0.1, 0.15) is 6.61 Å². The number of carbonyl (C=O) groups excluding carboxylic acids is 1. The van der Waals surface area contributed by atoms with E-state index in [-0.39, 0.29) is 6.09 Å². The van der Waals surface area contributed by atoms with Crippen molar-refractivity contribution in [2.24, 2.45) is 0 Å². The van der Waals surface area contributed by atoms with Crippen LogP contribution in [-0.2, 0) is 4.74 Å². The molecule has 1 saturated heterocycles. The molecule has 1 N–H and O–H groups in total. The van der Waals surface area contributed by atoms with Crippen LogP contribution in [0.2, 0.25) is 0 Å². The number of ether oxygens (including phenoxy) is 1. The Balaban J connectivity index is 2.13. The number of piperazine rings is 1. The maximum atomic E-state index is 11.4. The molecule has 0 bridgehead atoms. The SMILES string of the molecule is CN(C)CCOC(=O)N1CCNCC1. The van der Waals surface area contributed by atoms with E-state index in [9.17, 15) is 4.79 Å². The largest absolute Gasteiger partial charge is 0.448 e. The molecule has 1 aliphatic heterocycles. The first-order valence-electron chi connectivity index (χ1n) is 4.97. The number of hydrogen-bond acceptors (Lipinski definition) is 4. The smallest absolute Gasteiger partial charge is 0.409 e. The van der Waals surface area contributed by atoms with E-state index in [1.165, 1.54) is 0 Å². The van der Waals surface area contributed by atoms with Crippen molar-refractivity contribution in [2.75, 3.05) is 53.4 Å². The maximum Gasteiger partial charge on any atom is 0.409 e. The lowest BCUT2D eigenvalue weighted by atomic mass is 10.4. The second-order valence-electron chi connectivity index (χ2n) is 3.65. The first kappa shape index (κ1) is 11.3. The van der Waals surface area contributed by atoms with Crippen molar-refractivity contribution in [2.45, 2.75) is 0 Å². The van der Waals surface area contributed by atoms with Crippen LogP contribution in [0.3, 0.4) is 0 Å². The zero-order valence-electron chi connectivity index (χ0n) is 8.95. The molecule has 14 heavy (non-hydrogen) atoms. The van der Waals surface area contributed by atoms with Crippen molar-refractivity contribution in [3.05, 3.63) is 0 Å². The van der Waals surface area contributed by atoms with Gasteiger partial charge in [0, 0.05) is 32.7 Å². The van der Waals surface area contributed by atoms with Crippen molar-refractivity contribution in [1.82, 2.24) is 15.1 Å². The minimum Gasteiger partial charge on any atom is -0.448 e. The normalized spacial score (nSPS) is 17.2. The molecule has 0 radical (unpaired) electrons. The van der Waals surface area contributed by atoms with E-state index in [1.54, 1.807) is 4.90 Å². The monoisotopic (exact) mass is 201 g/mol. The topological polar surface area (TPSA) is 44.8 Å². The third-order valence-corrected chi connectivity index (χ3v) is 2.14. The molecule has 0 spiro atoms. The molecule has 0 unspecified atom stereocenters. The first-order chi connectivity index (χ1) is 6.70. The molecule has 0 aliphatic carbocycles. The predicted molar refractivity (Wildman–Crippen MR) is 54.3 cm³/mol. The Kier molecular flexibility index (Phi) is 4.69. The van der Waals surface area contributed by atoms with Crippen LogP contribution in [0.1, 0.15) is 0 Å². The third-order valence-electron chi connectivity index (χ3n) is 2.14. The summed E-state index contributed by atoms with van der Waals surface area (Å²) in [6.07, 6.45) is -0.187. The summed E-state index contributed by atoms with van der Waals surface area (Å²) in [6, 6.07) is 0. The molecule has 5 heteroatoms. The van der Waals surface area contributed by atoms with Crippen LogP contribution < -0.4 is 5.32 Å². The molecule has 0 aromatic rings. The van der Waals surface area contributed by atoms with Crippen LogP contribution >= 0.6 is 0 Å². The molecule has 0 saturated carbocycles. The van der Waals surface area contributed by atoms with E-state index < -0.39 is 0 Å². The lowest BCUT2D eigenvalue weighted by molar-refractivity contribution is 0.0918. The molecule has 0 aromatic heterocycles. The van der Waals surface area contributed by atoms with Crippen LogP contribution in [0, 0.1) is 0 Å². The summed E-state index contributed by atoms with van der Waals surface area (Å²) in [6.45, 7) is 4.47. The average Bonchev–Trinajstić information content (AvgIpc) is 2.18. The van der Waals surface area contributed by atoms with Crippen molar-refractivity contribution >= 4 is 6.09 Å². The molecule has 1 fully saturated rings. The van der Waals surface area contributed by atoms with E-state index in [2.05, 4.69) is 5.32 Å². The number of amides is 1. The molecule has 1 heterocycles. The Morgan fingerprint density at radius 2 is 2.07 bits per heavy atom. The summed E-state index contributed by atoms with van der Waals surface area (Å²) in [5.41, 5.74) is 0. The quantitative estimate of drug-likeness (QED) is 0.674. The Hall–Kier alpha value is -0.810. The molecular formula is C9H19N3O2. The summed E-state index contributed by atoms with van der Waals surface area (Å²) in [5, 5.41) is 3.19. The van der Waals surface area contributed by atoms with Crippen LogP contribution in [0.5, 0.6) is 0 Å². The van der Waals surface area contributed by atoms with Gasteiger partial charge in [-0.25, -0.2) is 4.79 Å². The third kappa shape index (κ3) is 3.93. The Labute approximate surface area is 85.0 Å². The van der Waals surface area contributed by atoms with Crippen LogP contribution in [0.25, 0.3) is 0 Å². The Bertz CT molecular complexity index is 179. The van der Waals surface area contributed by atoms with Gasteiger partial charge >= 0.3 is 6.09 Å². The number of likely N-dealkylation sites (N-methyl/N-ethyl adjacent to an activating group) is 1. The predicted octanol–water partition coefficient (Wildman–Crippen LogP) is -0.410. The Morgan fingerprint density at radius 3 is 2.64 bits per heavy atom. The molecule has 5 nitrogen and oxygen atoms in total. The maximum absolute atomic E-state index is 11.4. The summed E-state index contributed by atoms with van der Waals surface area (Å²) in [4.78, 5) is 15.2. The molecule has 0 atom stereocenters. The molecular weight excluding hydrogens is 182 g/mol. The van der Waals surface area contributed by atoms with E-state index in [1.807, 2.05) is 19.0 Å². The van der Waals surface area contributed by atoms with Gasteiger partial charge in [0.15, 0.2) is 0 Å². The van der Waals surface area contributed by atoms with Gasteiger partial charge in [0.25, 0.3) is 0 Å². The van der Waals surface area contributed by atoms with Crippen LogP contribution in [0.4, 0.5) is 4.79 Å². The zero-order chi connectivity index (χ0) is 10.4. The molecule has 1 aliphatic rings. The lowest BCUT2D eigenvalue weighted by Crippen LogP contribution is -2.46. The zero-order valence-corrected chi connectivity index (χ0v) is 8.95.